The Hall–Kier alpha value is -2.84. The maximum absolute atomic E-state index is 13.3. The minimum Gasteiger partial charge on any atom is -0.490 e. The Balaban J connectivity index is 2.10. The maximum atomic E-state index is 13.3. The van der Waals surface area contributed by atoms with E-state index in [4.69, 9.17) is 4.74 Å². The smallest absolute Gasteiger partial charge is 0.264 e. The zero-order valence-corrected chi connectivity index (χ0v) is 19.3. The molecule has 0 N–H and O–H groups in total. The molecule has 2 aromatic carbocycles. The summed E-state index contributed by atoms with van der Waals surface area (Å²) >= 11 is 0. The van der Waals surface area contributed by atoms with Gasteiger partial charge in [0.2, 0.25) is 10.8 Å². The first-order valence-electron chi connectivity index (χ1n) is 10.4. The third kappa shape index (κ3) is 4.91. The van der Waals surface area contributed by atoms with E-state index in [-0.39, 0.29) is 10.8 Å². The topological polar surface area (TPSA) is 67.7 Å². The zero-order valence-electron chi connectivity index (χ0n) is 18.5. The predicted octanol–water partition coefficient (Wildman–Crippen LogP) is 3.67. The lowest BCUT2D eigenvalue weighted by Crippen LogP contribution is -2.32. The quantitative estimate of drug-likeness (QED) is 0.479. The minimum atomic E-state index is -3.75. The summed E-state index contributed by atoms with van der Waals surface area (Å²) in [4.78, 5) is 2.05. The van der Waals surface area contributed by atoms with Gasteiger partial charge < -0.3 is 9.64 Å². The predicted molar refractivity (Wildman–Crippen MR) is 123 cm³/mol. The molecule has 0 bridgehead atoms. The summed E-state index contributed by atoms with van der Waals surface area (Å²) in [6.07, 6.45) is 0. The van der Waals surface area contributed by atoms with E-state index >= 15 is 0 Å². The Morgan fingerprint density at radius 3 is 1.81 bits per heavy atom. The highest BCUT2D eigenvalue weighted by molar-refractivity contribution is 7.89. The molecule has 0 saturated carbocycles. The van der Waals surface area contributed by atoms with Crippen LogP contribution in [0, 0.1) is 0 Å². The molecular formula is C23H30N4O3S. The van der Waals surface area contributed by atoms with Crippen molar-refractivity contribution < 1.29 is 13.2 Å². The maximum Gasteiger partial charge on any atom is 0.264 e. The number of nitrogens with zero attached hydrogens (tertiary/aromatic N) is 4. The normalized spacial score (nSPS) is 11.6. The Labute approximate surface area is 184 Å². The molecule has 3 aromatic rings. The Kier molecular flexibility index (Phi) is 7.35. The van der Waals surface area contributed by atoms with Gasteiger partial charge in [0, 0.05) is 33.2 Å². The number of ether oxygens (including phenoxy) is 1. The molecule has 3 rings (SSSR count). The Morgan fingerprint density at radius 2 is 1.39 bits per heavy atom. The molecule has 166 valence electrons. The lowest BCUT2D eigenvalue weighted by atomic mass is 10.1. The van der Waals surface area contributed by atoms with E-state index in [2.05, 4.69) is 5.10 Å². The number of aryl methyl sites for hydroxylation is 1. The van der Waals surface area contributed by atoms with Gasteiger partial charge in [-0.25, -0.2) is 8.42 Å². The van der Waals surface area contributed by atoms with Crippen LogP contribution < -0.4 is 9.64 Å². The molecule has 7 nitrogen and oxygen atoms in total. The van der Waals surface area contributed by atoms with Crippen molar-refractivity contribution in [3.05, 3.63) is 71.8 Å². The summed E-state index contributed by atoms with van der Waals surface area (Å²) in [7, 11) is -0.615. The molecule has 0 radical (unpaired) electrons. The van der Waals surface area contributed by atoms with Crippen molar-refractivity contribution in [2.45, 2.75) is 32.0 Å². The molecule has 1 aromatic heterocycles. The number of rotatable bonds is 10. The molecule has 0 unspecified atom stereocenters. The number of methoxy groups -OCH3 is 1. The second-order valence-electron chi connectivity index (χ2n) is 7.20. The average Bonchev–Trinajstić information content (AvgIpc) is 3.12. The van der Waals surface area contributed by atoms with Gasteiger partial charge in [0.05, 0.1) is 7.11 Å². The summed E-state index contributed by atoms with van der Waals surface area (Å²) in [6, 6.07) is 20.1. The highest BCUT2D eigenvalue weighted by Gasteiger charge is 2.34. The second kappa shape index (κ2) is 9.98. The van der Waals surface area contributed by atoms with Crippen molar-refractivity contribution >= 4 is 15.8 Å². The molecule has 0 fully saturated rings. The molecule has 0 aliphatic carbocycles. The van der Waals surface area contributed by atoms with Crippen LogP contribution in [-0.4, -0.2) is 42.7 Å². The lowest BCUT2D eigenvalue weighted by molar-refractivity contribution is 0.389. The number of anilines is 1. The molecule has 0 atom stereocenters. The number of hydrogen-bond acceptors (Lipinski definition) is 5. The summed E-state index contributed by atoms with van der Waals surface area (Å²) in [5.41, 5.74) is 2.19. The fourth-order valence-electron chi connectivity index (χ4n) is 3.64. The highest BCUT2D eigenvalue weighted by atomic mass is 32.2. The monoisotopic (exact) mass is 442 g/mol. The van der Waals surface area contributed by atoms with Crippen LogP contribution in [0.2, 0.25) is 0 Å². The molecule has 0 aliphatic heterocycles. The first-order valence-corrected chi connectivity index (χ1v) is 11.8. The van der Waals surface area contributed by atoms with Gasteiger partial charge >= 0.3 is 0 Å². The van der Waals surface area contributed by atoms with E-state index in [1.807, 2.05) is 79.4 Å². The fraction of sp³-hybridized carbons (Fsp3) is 0.348. The number of hydrogen-bond donors (Lipinski definition) is 0. The minimum absolute atomic E-state index is 0.0693. The van der Waals surface area contributed by atoms with Crippen LogP contribution in [0.1, 0.15) is 25.0 Å². The van der Waals surface area contributed by atoms with Crippen LogP contribution >= 0.6 is 0 Å². The molecule has 0 aliphatic rings. The standard InChI is InChI=1S/C23H30N4O3S/c1-5-27(6-2)31(28,29)23-21(30-4)22(24-25(23)3)26(17-19-13-9-7-10-14-19)18-20-15-11-8-12-16-20/h7-16H,5-6,17-18H2,1-4H3. The van der Waals surface area contributed by atoms with Gasteiger partial charge in [-0.2, -0.15) is 4.31 Å². The first-order chi connectivity index (χ1) is 14.9. The van der Waals surface area contributed by atoms with E-state index in [9.17, 15) is 8.42 Å². The third-order valence-electron chi connectivity index (χ3n) is 5.16. The van der Waals surface area contributed by atoms with Crippen molar-refractivity contribution in [2.24, 2.45) is 7.05 Å². The van der Waals surface area contributed by atoms with Gasteiger partial charge in [0.15, 0.2) is 5.82 Å². The van der Waals surface area contributed by atoms with E-state index in [0.29, 0.717) is 32.0 Å². The summed E-state index contributed by atoms with van der Waals surface area (Å²) in [6.45, 7) is 5.52. The molecule has 31 heavy (non-hydrogen) atoms. The van der Waals surface area contributed by atoms with E-state index < -0.39 is 10.0 Å². The van der Waals surface area contributed by atoms with Crippen LogP contribution in [-0.2, 0) is 30.2 Å². The van der Waals surface area contributed by atoms with Crippen LogP contribution in [0.3, 0.4) is 0 Å². The first kappa shape index (κ1) is 22.8. The van der Waals surface area contributed by atoms with Gasteiger partial charge in [-0.05, 0) is 11.1 Å². The fourth-order valence-corrected chi connectivity index (χ4v) is 5.35. The van der Waals surface area contributed by atoms with E-state index in [1.54, 1.807) is 7.05 Å². The molecule has 8 heteroatoms. The Bertz CT molecular complexity index is 1040. The molecule has 0 saturated heterocycles. The van der Waals surface area contributed by atoms with Gasteiger partial charge in [0.1, 0.15) is 0 Å². The molecule has 1 heterocycles. The number of sulfonamides is 1. The van der Waals surface area contributed by atoms with Crippen molar-refractivity contribution in [2.75, 3.05) is 25.1 Å². The molecule has 0 spiro atoms. The van der Waals surface area contributed by atoms with Crippen LogP contribution in [0.15, 0.2) is 65.7 Å². The van der Waals surface area contributed by atoms with E-state index in [0.717, 1.165) is 11.1 Å². The summed E-state index contributed by atoms with van der Waals surface area (Å²) < 4.78 is 35.1. The zero-order chi connectivity index (χ0) is 22.4. The second-order valence-corrected chi connectivity index (χ2v) is 9.06. The highest BCUT2D eigenvalue weighted by Crippen LogP contribution is 2.37. The van der Waals surface area contributed by atoms with Crippen molar-refractivity contribution in [1.82, 2.24) is 14.1 Å². The van der Waals surface area contributed by atoms with Crippen molar-refractivity contribution in [1.29, 1.82) is 0 Å². The summed E-state index contributed by atoms with van der Waals surface area (Å²) in [5.74, 6) is 0.768. The van der Waals surface area contributed by atoms with Crippen LogP contribution in [0.25, 0.3) is 0 Å². The van der Waals surface area contributed by atoms with Gasteiger partial charge in [-0.3, -0.25) is 4.68 Å². The van der Waals surface area contributed by atoms with Crippen molar-refractivity contribution in [3.63, 3.8) is 0 Å². The average molecular weight is 443 g/mol. The largest absolute Gasteiger partial charge is 0.490 e. The SMILES string of the molecule is CCN(CC)S(=O)(=O)c1c(OC)c(N(Cc2ccccc2)Cc2ccccc2)nn1C. The number of benzene rings is 2. The van der Waals surface area contributed by atoms with E-state index in [1.165, 1.54) is 16.1 Å². The third-order valence-corrected chi connectivity index (χ3v) is 7.30. The van der Waals surface area contributed by atoms with Crippen LogP contribution in [0.4, 0.5) is 5.82 Å². The number of aromatic nitrogens is 2. The van der Waals surface area contributed by atoms with Crippen LogP contribution in [0.5, 0.6) is 5.75 Å². The van der Waals surface area contributed by atoms with Gasteiger partial charge in [-0.15, -0.1) is 5.10 Å². The Morgan fingerprint density at radius 1 is 0.903 bits per heavy atom. The summed E-state index contributed by atoms with van der Waals surface area (Å²) in [5, 5.41) is 4.67. The van der Waals surface area contributed by atoms with Crippen molar-refractivity contribution in [3.8, 4) is 5.75 Å². The van der Waals surface area contributed by atoms with Gasteiger partial charge in [-0.1, -0.05) is 74.5 Å². The van der Waals surface area contributed by atoms with Gasteiger partial charge in [0.25, 0.3) is 10.0 Å². The molecular weight excluding hydrogens is 412 g/mol. The molecule has 0 amide bonds. The lowest BCUT2D eigenvalue weighted by Gasteiger charge is -2.24.